The largest absolute Gasteiger partial charge is 0.377 e. The van der Waals surface area contributed by atoms with Gasteiger partial charge in [-0.2, -0.15) is 0 Å². The average Bonchev–Trinajstić information content (AvgIpc) is 2.21. The number of nitrogens with two attached hydrogens (primary N) is 1. The predicted octanol–water partition coefficient (Wildman–Crippen LogP) is 3.04. The maximum absolute atomic E-state index is 5.58. The average molecular weight is 221 g/mol. The van der Waals surface area contributed by atoms with Gasteiger partial charge < -0.3 is 10.5 Å². The van der Waals surface area contributed by atoms with Crippen LogP contribution in [0, 0.1) is 20.8 Å². The molecule has 0 aliphatic carbocycles. The number of rotatable bonds is 5. The number of ether oxygens (including phenoxy) is 1. The van der Waals surface area contributed by atoms with Gasteiger partial charge in [0.1, 0.15) is 0 Å². The van der Waals surface area contributed by atoms with E-state index in [1.807, 2.05) is 0 Å². The van der Waals surface area contributed by atoms with Crippen LogP contribution in [0.15, 0.2) is 12.1 Å². The summed E-state index contributed by atoms with van der Waals surface area (Å²) in [6.07, 6.45) is 2.19. The highest BCUT2D eigenvalue weighted by Gasteiger charge is 2.15. The minimum absolute atomic E-state index is 0.184. The lowest BCUT2D eigenvalue weighted by Crippen LogP contribution is -2.09. The molecule has 0 spiro atoms. The minimum atomic E-state index is 0.184. The van der Waals surface area contributed by atoms with Gasteiger partial charge in [-0.1, -0.05) is 17.7 Å². The molecule has 0 aromatic heterocycles. The van der Waals surface area contributed by atoms with E-state index in [0.29, 0.717) is 0 Å². The molecule has 1 atom stereocenters. The van der Waals surface area contributed by atoms with Crippen LogP contribution in [0.1, 0.15) is 41.2 Å². The molecule has 16 heavy (non-hydrogen) atoms. The van der Waals surface area contributed by atoms with Crippen molar-refractivity contribution < 1.29 is 4.74 Å². The van der Waals surface area contributed by atoms with Gasteiger partial charge in [0.05, 0.1) is 6.10 Å². The highest BCUT2D eigenvalue weighted by molar-refractivity contribution is 5.39. The molecule has 2 nitrogen and oxygen atoms in total. The van der Waals surface area contributed by atoms with E-state index in [4.69, 9.17) is 10.5 Å². The second-order valence-electron chi connectivity index (χ2n) is 4.47. The Morgan fingerprint density at radius 3 is 2.19 bits per heavy atom. The van der Waals surface area contributed by atoms with Crippen molar-refractivity contribution in [3.63, 3.8) is 0 Å². The van der Waals surface area contributed by atoms with Gasteiger partial charge in [0.15, 0.2) is 0 Å². The Balaban J connectivity index is 2.99. The summed E-state index contributed by atoms with van der Waals surface area (Å²) >= 11 is 0. The molecule has 2 heteroatoms. The van der Waals surface area contributed by atoms with Crippen LogP contribution in [-0.4, -0.2) is 13.7 Å². The third-order valence-electron chi connectivity index (χ3n) is 3.01. The SMILES string of the molecule is COC(CCCN)c1c(C)cc(C)cc1C. The van der Waals surface area contributed by atoms with Gasteiger partial charge in [-0.15, -0.1) is 0 Å². The zero-order valence-corrected chi connectivity index (χ0v) is 10.8. The van der Waals surface area contributed by atoms with Crippen molar-refractivity contribution >= 4 is 0 Å². The fourth-order valence-corrected chi connectivity index (χ4v) is 2.38. The zero-order valence-electron chi connectivity index (χ0n) is 10.8. The Morgan fingerprint density at radius 2 is 1.75 bits per heavy atom. The van der Waals surface area contributed by atoms with Crippen molar-refractivity contribution in [3.05, 3.63) is 34.4 Å². The molecule has 0 heterocycles. The van der Waals surface area contributed by atoms with E-state index in [1.165, 1.54) is 22.3 Å². The summed E-state index contributed by atoms with van der Waals surface area (Å²) in [7, 11) is 1.78. The quantitative estimate of drug-likeness (QED) is 0.829. The van der Waals surface area contributed by atoms with Crippen LogP contribution in [0.4, 0.5) is 0 Å². The molecule has 0 amide bonds. The summed E-state index contributed by atoms with van der Waals surface area (Å²) in [4.78, 5) is 0. The first-order valence-electron chi connectivity index (χ1n) is 5.90. The van der Waals surface area contributed by atoms with E-state index in [0.717, 1.165) is 19.4 Å². The molecular formula is C14H23NO. The van der Waals surface area contributed by atoms with E-state index in [2.05, 4.69) is 32.9 Å². The van der Waals surface area contributed by atoms with Gasteiger partial charge in [0.25, 0.3) is 0 Å². The zero-order chi connectivity index (χ0) is 12.1. The van der Waals surface area contributed by atoms with Crippen molar-refractivity contribution in [2.45, 2.75) is 39.7 Å². The maximum Gasteiger partial charge on any atom is 0.0826 e. The Hall–Kier alpha value is -0.860. The molecule has 1 aromatic rings. The van der Waals surface area contributed by atoms with E-state index in [1.54, 1.807) is 7.11 Å². The number of hydrogen-bond acceptors (Lipinski definition) is 2. The third kappa shape index (κ3) is 3.06. The number of hydrogen-bond donors (Lipinski definition) is 1. The van der Waals surface area contributed by atoms with Crippen molar-refractivity contribution in [1.29, 1.82) is 0 Å². The summed E-state index contributed by atoms with van der Waals surface area (Å²) in [5, 5.41) is 0. The van der Waals surface area contributed by atoms with Crippen LogP contribution < -0.4 is 5.73 Å². The highest BCUT2D eigenvalue weighted by atomic mass is 16.5. The maximum atomic E-state index is 5.58. The number of benzene rings is 1. The molecule has 1 rings (SSSR count). The van der Waals surface area contributed by atoms with E-state index in [-0.39, 0.29) is 6.10 Å². The van der Waals surface area contributed by atoms with Crippen LogP contribution in [0.3, 0.4) is 0 Å². The van der Waals surface area contributed by atoms with Crippen molar-refractivity contribution in [2.75, 3.05) is 13.7 Å². The standard InChI is InChI=1S/C14H23NO/c1-10-8-11(2)14(12(3)9-10)13(16-4)6-5-7-15/h8-9,13H,5-7,15H2,1-4H3. The van der Waals surface area contributed by atoms with Gasteiger partial charge in [-0.25, -0.2) is 0 Å². The van der Waals surface area contributed by atoms with E-state index < -0.39 is 0 Å². The van der Waals surface area contributed by atoms with Crippen molar-refractivity contribution in [3.8, 4) is 0 Å². The second kappa shape index (κ2) is 6.02. The molecule has 0 saturated carbocycles. The lowest BCUT2D eigenvalue weighted by Gasteiger charge is -2.20. The molecule has 1 unspecified atom stereocenters. The normalized spacial score (nSPS) is 12.8. The topological polar surface area (TPSA) is 35.2 Å². The summed E-state index contributed by atoms with van der Waals surface area (Å²) in [6.45, 7) is 7.17. The highest BCUT2D eigenvalue weighted by Crippen LogP contribution is 2.28. The Kier molecular flexibility index (Phi) is 4.97. The van der Waals surface area contributed by atoms with Gasteiger partial charge >= 0.3 is 0 Å². The molecule has 0 aliphatic rings. The van der Waals surface area contributed by atoms with Gasteiger partial charge in [0.2, 0.25) is 0 Å². The monoisotopic (exact) mass is 221 g/mol. The van der Waals surface area contributed by atoms with Crippen molar-refractivity contribution in [2.24, 2.45) is 5.73 Å². The molecule has 0 saturated heterocycles. The number of methoxy groups -OCH3 is 1. The smallest absolute Gasteiger partial charge is 0.0826 e. The molecule has 0 radical (unpaired) electrons. The van der Waals surface area contributed by atoms with Gasteiger partial charge in [-0.05, 0) is 56.8 Å². The minimum Gasteiger partial charge on any atom is -0.377 e. The molecule has 0 bridgehead atoms. The lowest BCUT2D eigenvalue weighted by molar-refractivity contribution is 0.0933. The first kappa shape index (κ1) is 13.2. The van der Waals surface area contributed by atoms with E-state index >= 15 is 0 Å². The fourth-order valence-electron chi connectivity index (χ4n) is 2.38. The van der Waals surface area contributed by atoms with Crippen LogP contribution >= 0.6 is 0 Å². The molecular weight excluding hydrogens is 198 g/mol. The lowest BCUT2D eigenvalue weighted by atomic mass is 9.93. The third-order valence-corrected chi connectivity index (χ3v) is 3.01. The Morgan fingerprint density at radius 1 is 1.19 bits per heavy atom. The van der Waals surface area contributed by atoms with Gasteiger partial charge in [0, 0.05) is 7.11 Å². The molecule has 1 aromatic carbocycles. The first-order chi connectivity index (χ1) is 7.60. The summed E-state index contributed by atoms with van der Waals surface area (Å²) in [6, 6.07) is 4.44. The van der Waals surface area contributed by atoms with Crippen LogP contribution in [0.2, 0.25) is 0 Å². The molecule has 0 fully saturated rings. The van der Waals surface area contributed by atoms with Gasteiger partial charge in [-0.3, -0.25) is 0 Å². The van der Waals surface area contributed by atoms with Crippen LogP contribution in [-0.2, 0) is 4.74 Å². The summed E-state index contributed by atoms with van der Waals surface area (Å²) < 4.78 is 5.58. The molecule has 2 N–H and O–H groups in total. The van der Waals surface area contributed by atoms with E-state index in [9.17, 15) is 0 Å². The summed E-state index contributed by atoms with van der Waals surface area (Å²) in [5.41, 5.74) is 10.8. The van der Waals surface area contributed by atoms with Crippen LogP contribution in [0.25, 0.3) is 0 Å². The number of aryl methyl sites for hydroxylation is 3. The Labute approximate surface area is 98.8 Å². The molecule has 90 valence electrons. The summed E-state index contributed by atoms with van der Waals surface area (Å²) in [5.74, 6) is 0. The van der Waals surface area contributed by atoms with Crippen molar-refractivity contribution in [1.82, 2.24) is 0 Å². The second-order valence-corrected chi connectivity index (χ2v) is 4.47. The first-order valence-corrected chi connectivity index (χ1v) is 5.90. The molecule has 0 aliphatic heterocycles. The Bertz CT molecular complexity index is 324. The van der Waals surface area contributed by atoms with Crippen LogP contribution in [0.5, 0.6) is 0 Å². The predicted molar refractivity (Wildman–Crippen MR) is 68.7 cm³/mol. The fraction of sp³-hybridized carbons (Fsp3) is 0.571.